The summed E-state index contributed by atoms with van der Waals surface area (Å²) < 4.78 is 10.8. The van der Waals surface area contributed by atoms with Crippen LogP contribution in [0.5, 0.6) is 0 Å². The number of aliphatic hydroxyl groups excluding tert-OH is 1. The fourth-order valence-corrected chi connectivity index (χ4v) is 5.38. The van der Waals surface area contributed by atoms with Gasteiger partial charge in [0.1, 0.15) is 0 Å². The highest BCUT2D eigenvalue weighted by Gasteiger charge is 2.07. The van der Waals surface area contributed by atoms with Crippen molar-refractivity contribution in [2.75, 3.05) is 39.5 Å². The van der Waals surface area contributed by atoms with Gasteiger partial charge < -0.3 is 19.5 Å². The Morgan fingerprint density at radius 3 is 1.14 bits per heavy atom. The Morgan fingerprint density at radius 1 is 0.452 bits per heavy atom. The van der Waals surface area contributed by atoms with Gasteiger partial charge in [0.25, 0.3) is 0 Å². The van der Waals surface area contributed by atoms with Crippen LogP contribution in [0.2, 0.25) is 0 Å². The van der Waals surface area contributed by atoms with Crippen molar-refractivity contribution >= 4 is 11.9 Å². The molecule has 42 heavy (non-hydrogen) atoms. The molecule has 250 valence electrons. The van der Waals surface area contributed by atoms with Crippen LogP contribution in [0.3, 0.4) is 0 Å². The number of hydrogen-bond acceptors (Lipinski definition) is 6. The lowest BCUT2D eigenvalue weighted by Crippen LogP contribution is -2.29. The van der Waals surface area contributed by atoms with E-state index < -0.39 is 0 Å². The Morgan fingerprint density at radius 2 is 0.786 bits per heavy atom. The lowest BCUT2D eigenvalue weighted by Gasteiger charge is -2.21. The number of rotatable bonds is 34. The van der Waals surface area contributed by atoms with Crippen molar-refractivity contribution in [1.82, 2.24) is 4.90 Å². The molecule has 0 saturated carbocycles. The number of esters is 2. The lowest BCUT2D eigenvalue weighted by molar-refractivity contribution is -0.144. The molecule has 0 radical (unpaired) electrons. The molecule has 0 aliphatic carbocycles. The van der Waals surface area contributed by atoms with Gasteiger partial charge in [0.05, 0.1) is 19.8 Å². The van der Waals surface area contributed by atoms with Crippen LogP contribution in [-0.4, -0.2) is 61.4 Å². The zero-order chi connectivity index (χ0) is 30.8. The smallest absolute Gasteiger partial charge is 0.305 e. The van der Waals surface area contributed by atoms with E-state index in [0.29, 0.717) is 32.6 Å². The average Bonchev–Trinajstić information content (AvgIpc) is 2.98. The van der Waals surface area contributed by atoms with Gasteiger partial charge in [-0.2, -0.15) is 0 Å². The predicted octanol–water partition coefficient (Wildman–Crippen LogP) is 9.55. The van der Waals surface area contributed by atoms with Crippen molar-refractivity contribution in [2.24, 2.45) is 0 Å². The molecule has 0 aromatic heterocycles. The SMILES string of the molecule is CCCCCCCCCCCOC(=O)CCCCCN(CCO)CCCCCC(=O)OCCCCCCCCCCC. The van der Waals surface area contributed by atoms with E-state index >= 15 is 0 Å². The molecule has 0 unspecified atom stereocenters. The first-order valence-electron chi connectivity index (χ1n) is 18.3. The van der Waals surface area contributed by atoms with Gasteiger partial charge >= 0.3 is 11.9 Å². The van der Waals surface area contributed by atoms with Gasteiger partial charge in [-0.25, -0.2) is 0 Å². The normalized spacial score (nSPS) is 11.3. The molecule has 0 spiro atoms. The topological polar surface area (TPSA) is 76.1 Å². The molecule has 0 aromatic carbocycles. The maximum absolute atomic E-state index is 12.0. The molecule has 0 fully saturated rings. The number of carbonyl (C=O) groups is 2. The van der Waals surface area contributed by atoms with E-state index in [2.05, 4.69) is 18.7 Å². The predicted molar refractivity (Wildman–Crippen MR) is 177 cm³/mol. The van der Waals surface area contributed by atoms with Crippen molar-refractivity contribution in [2.45, 2.75) is 181 Å². The number of aliphatic hydroxyl groups is 1. The minimum absolute atomic E-state index is 0.0616. The monoisotopic (exact) mass is 598 g/mol. The first-order valence-corrected chi connectivity index (χ1v) is 18.3. The molecule has 6 heteroatoms. The summed E-state index contributed by atoms with van der Waals surface area (Å²) in [6.45, 7) is 8.36. The number of nitrogens with zero attached hydrogens (tertiary/aromatic N) is 1. The Labute approximate surface area is 261 Å². The van der Waals surface area contributed by atoms with E-state index in [1.807, 2.05) is 0 Å². The van der Waals surface area contributed by atoms with Crippen molar-refractivity contribution in [3.8, 4) is 0 Å². The Bertz CT molecular complexity index is 525. The summed E-state index contributed by atoms with van der Waals surface area (Å²) in [5, 5.41) is 9.41. The second kappa shape index (κ2) is 34.4. The zero-order valence-electron chi connectivity index (χ0n) is 28.2. The summed E-state index contributed by atoms with van der Waals surface area (Å²) in [4.78, 5) is 26.3. The largest absolute Gasteiger partial charge is 0.466 e. The average molecular weight is 598 g/mol. The molecule has 0 aliphatic heterocycles. The van der Waals surface area contributed by atoms with Crippen LogP contribution in [0, 0.1) is 0 Å². The van der Waals surface area contributed by atoms with E-state index in [9.17, 15) is 14.7 Å². The molecule has 0 aromatic rings. The Hall–Kier alpha value is -1.14. The van der Waals surface area contributed by atoms with Gasteiger partial charge in [-0.1, -0.05) is 129 Å². The van der Waals surface area contributed by atoms with Crippen LogP contribution in [0.1, 0.15) is 181 Å². The summed E-state index contributed by atoms with van der Waals surface area (Å²) >= 11 is 0. The number of carbonyl (C=O) groups excluding carboxylic acids is 2. The molecule has 0 amide bonds. The van der Waals surface area contributed by atoms with Crippen molar-refractivity contribution in [3.05, 3.63) is 0 Å². The summed E-state index contributed by atoms with van der Waals surface area (Å²) in [6, 6.07) is 0. The maximum atomic E-state index is 12.0. The molecule has 0 heterocycles. The standard InChI is InChI=1S/C36H71NO5/c1-3-5-7-9-11-13-15-17-25-33-41-35(39)27-21-19-23-29-37(31-32-38)30-24-20-22-28-36(40)42-34-26-18-16-14-12-10-8-6-4-2/h38H,3-34H2,1-2H3. The summed E-state index contributed by atoms with van der Waals surface area (Å²) in [5.41, 5.74) is 0. The molecule has 0 aliphatic rings. The lowest BCUT2D eigenvalue weighted by atomic mass is 10.1. The molecule has 1 N–H and O–H groups in total. The minimum Gasteiger partial charge on any atom is -0.466 e. The summed E-state index contributed by atoms with van der Waals surface area (Å²) in [5.74, 6) is -0.123. The van der Waals surface area contributed by atoms with Crippen LogP contribution < -0.4 is 0 Å². The highest BCUT2D eigenvalue weighted by molar-refractivity contribution is 5.69. The summed E-state index contributed by atoms with van der Waals surface area (Å²) in [7, 11) is 0. The summed E-state index contributed by atoms with van der Waals surface area (Å²) in [6.07, 6.45) is 29.6. The number of hydrogen-bond donors (Lipinski definition) is 1. The molecule has 0 atom stereocenters. The molecule has 0 rings (SSSR count). The van der Waals surface area contributed by atoms with Crippen LogP contribution in [0.25, 0.3) is 0 Å². The first-order chi connectivity index (χ1) is 20.6. The van der Waals surface area contributed by atoms with Gasteiger partial charge in [0.2, 0.25) is 0 Å². The third-order valence-electron chi connectivity index (χ3n) is 8.15. The van der Waals surface area contributed by atoms with Gasteiger partial charge in [0, 0.05) is 19.4 Å². The fourth-order valence-electron chi connectivity index (χ4n) is 5.38. The second-order valence-electron chi connectivity index (χ2n) is 12.3. The molecule has 0 bridgehead atoms. The van der Waals surface area contributed by atoms with E-state index in [0.717, 1.165) is 77.3 Å². The number of ether oxygens (including phenoxy) is 2. The van der Waals surface area contributed by atoms with E-state index in [1.54, 1.807) is 0 Å². The zero-order valence-corrected chi connectivity index (χ0v) is 28.2. The van der Waals surface area contributed by atoms with Crippen molar-refractivity contribution in [3.63, 3.8) is 0 Å². The first kappa shape index (κ1) is 40.9. The van der Waals surface area contributed by atoms with Crippen LogP contribution in [0.15, 0.2) is 0 Å². The minimum atomic E-state index is -0.0616. The van der Waals surface area contributed by atoms with E-state index in [4.69, 9.17) is 9.47 Å². The van der Waals surface area contributed by atoms with Gasteiger partial charge in [0.15, 0.2) is 0 Å². The van der Waals surface area contributed by atoms with Crippen LogP contribution in [-0.2, 0) is 19.1 Å². The highest BCUT2D eigenvalue weighted by Crippen LogP contribution is 2.12. The third kappa shape index (κ3) is 31.8. The third-order valence-corrected chi connectivity index (χ3v) is 8.15. The Balaban J connectivity index is 3.58. The van der Waals surface area contributed by atoms with E-state index in [-0.39, 0.29) is 18.5 Å². The van der Waals surface area contributed by atoms with Crippen LogP contribution in [0.4, 0.5) is 0 Å². The second-order valence-corrected chi connectivity index (χ2v) is 12.3. The van der Waals surface area contributed by atoms with Gasteiger partial charge in [-0.15, -0.1) is 0 Å². The quantitative estimate of drug-likeness (QED) is 0.0588. The van der Waals surface area contributed by atoms with Crippen molar-refractivity contribution < 1.29 is 24.2 Å². The van der Waals surface area contributed by atoms with Crippen molar-refractivity contribution in [1.29, 1.82) is 0 Å². The Kier molecular flexibility index (Phi) is 33.4. The fraction of sp³-hybridized carbons (Fsp3) is 0.944. The molecule has 0 saturated heterocycles. The maximum Gasteiger partial charge on any atom is 0.305 e. The van der Waals surface area contributed by atoms with Gasteiger partial charge in [-0.05, 0) is 51.6 Å². The molecular weight excluding hydrogens is 526 g/mol. The van der Waals surface area contributed by atoms with Crippen LogP contribution >= 0.6 is 0 Å². The molecular formula is C36H71NO5. The molecule has 6 nitrogen and oxygen atoms in total. The van der Waals surface area contributed by atoms with E-state index in [1.165, 1.54) is 89.9 Å². The van der Waals surface area contributed by atoms with Gasteiger partial charge in [-0.3, -0.25) is 9.59 Å². The highest BCUT2D eigenvalue weighted by atomic mass is 16.5. The number of unbranched alkanes of at least 4 members (excludes halogenated alkanes) is 20.